The number of rotatable bonds is 4. The minimum Gasteiger partial charge on any atom is -0.318 e. The summed E-state index contributed by atoms with van der Waals surface area (Å²) in [4.78, 5) is 39.1. The van der Waals surface area contributed by atoms with Gasteiger partial charge in [-0.15, -0.1) is 0 Å². The second-order valence-electron chi connectivity index (χ2n) is 8.07. The number of nitrogens with one attached hydrogen (secondary N) is 1. The molecule has 0 spiro atoms. The van der Waals surface area contributed by atoms with E-state index in [0.717, 1.165) is 54.7 Å². The summed E-state index contributed by atoms with van der Waals surface area (Å²) in [5.41, 5.74) is 5.12. The van der Waals surface area contributed by atoms with Crippen LogP contribution in [0.2, 0.25) is 0 Å². The molecule has 0 radical (unpaired) electrons. The van der Waals surface area contributed by atoms with E-state index < -0.39 is 17.8 Å². The second kappa shape index (κ2) is 7.94. The van der Waals surface area contributed by atoms with Crippen LogP contribution in [0.4, 0.5) is 4.79 Å². The van der Waals surface area contributed by atoms with Crippen LogP contribution < -0.4 is 5.32 Å². The van der Waals surface area contributed by atoms with Gasteiger partial charge in [0, 0.05) is 23.1 Å². The zero-order valence-corrected chi connectivity index (χ0v) is 17.7. The predicted molar refractivity (Wildman–Crippen MR) is 115 cm³/mol. The highest BCUT2D eigenvalue weighted by molar-refractivity contribution is 6.31. The van der Waals surface area contributed by atoms with Crippen LogP contribution in [0.25, 0.3) is 11.8 Å². The van der Waals surface area contributed by atoms with Crippen molar-refractivity contribution in [3.05, 3.63) is 58.4 Å². The number of nitrogens with zero attached hydrogens (tertiary/aromatic N) is 2. The van der Waals surface area contributed by atoms with Crippen molar-refractivity contribution in [1.82, 2.24) is 14.8 Å². The minimum atomic E-state index is -0.627. The number of hydrogen-bond donors (Lipinski definition) is 1. The maximum absolute atomic E-state index is 13.1. The molecule has 0 unspecified atom stereocenters. The number of imide groups is 2. The highest BCUT2D eigenvalue weighted by Crippen LogP contribution is 2.29. The summed E-state index contributed by atoms with van der Waals surface area (Å²) >= 11 is 0. The average molecular weight is 405 g/mol. The lowest BCUT2D eigenvalue weighted by atomic mass is 10.1. The molecule has 2 aromatic rings. The molecule has 2 fully saturated rings. The molecule has 1 saturated carbocycles. The quantitative estimate of drug-likeness (QED) is 0.616. The van der Waals surface area contributed by atoms with Crippen LogP contribution in [0.5, 0.6) is 0 Å². The normalized spacial score (nSPS) is 19.1. The zero-order valence-electron chi connectivity index (χ0n) is 17.7. The Kier molecular flexibility index (Phi) is 5.33. The number of carbonyl (C=O) groups is 3. The lowest BCUT2D eigenvalue weighted by molar-refractivity contribution is -0.131. The molecule has 4 rings (SSSR count). The minimum absolute atomic E-state index is 0.0190. The molecule has 156 valence electrons. The van der Waals surface area contributed by atoms with E-state index in [-0.39, 0.29) is 11.6 Å². The van der Waals surface area contributed by atoms with E-state index in [4.69, 9.17) is 0 Å². The van der Waals surface area contributed by atoms with Crippen LogP contribution >= 0.6 is 0 Å². The number of para-hydroxylation sites is 1. The van der Waals surface area contributed by atoms with Gasteiger partial charge in [0.2, 0.25) is 0 Å². The summed E-state index contributed by atoms with van der Waals surface area (Å²) in [6.07, 6.45) is 6.10. The van der Waals surface area contributed by atoms with Gasteiger partial charge in [-0.3, -0.25) is 19.8 Å². The maximum Gasteiger partial charge on any atom is 0.331 e. The SMILES string of the molecule is CCc1ccccc1-n1c(C)cc(/C=C2\C(=O)NC(=O)N(C3CCCC3)C2=O)c1C. The van der Waals surface area contributed by atoms with Gasteiger partial charge in [0.1, 0.15) is 5.57 Å². The first kappa shape index (κ1) is 20.1. The fourth-order valence-electron chi connectivity index (χ4n) is 4.65. The number of aryl methyl sites for hydroxylation is 2. The van der Waals surface area contributed by atoms with Gasteiger partial charge < -0.3 is 4.57 Å². The summed E-state index contributed by atoms with van der Waals surface area (Å²) in [5, 5.41) is 2.35. The van der Waals surface area contributed by atoms with E-state index >= 15 is 0 Å². The van der Waals surface area contributed by atoms with E-state index in [2.05, 4.69) is 28.9 Å². The van der Waals surface area contributed by atoms with Crippen molar-refractivity contribution in [2.24, 2.45) is 0 Å². The Hall–Kier alpha value is -3.15. The monoisotopic (exact) mass is 405 g/mol. The Morgan fingerprint density at radius 2 is 1.80 bits per heavy atom. The predicted octanol–water partition coefficient (Wildman–Crippen LogP) is 4.06. The van der Waals surface area contributed by atoms with E-state index in [9.17, 15) is 14.4 Å². The number of amides is 4. The number of benzene rings is 1. The van der Waals surface area contributed by atoms with Crippen LogP contribution in [-0.2, 0) is 16.0 Å². The largest absolute Gasteiger partial charge is 0.331 e. The van der Waals surface area contributed by atoms with E-state index in [1.807, 2.05) is 32.0 Å². The smallest absolute Gasteiger partial charge is 0.318 e. The number of hydrogen-bond acceptors (Lipinski definition) is 3. The molecule has 0 bridgehead atoms. The molecule has 6 heteroatoms. The highest BCUT2D eigenvalue weighted by Gasteiger charge is 2.40. The van der Waals surface area contributed by atoms with Crippen molar-refractivity contribution >= 4 is 23.9 Å². The van der Waals surface area contributed by atoms with Gasteiger partial charge in [-0.1, -0.05) is 38.0 Å². The molecule has 1 aliphatic carbocycles. The molecular weight excluding hydrogens is 378 g/mol. The van der Waals surface area contributed by atoms with Crippen molar-refractivity contribution in [2.45, 2.75) is 58.9 Å². The Morgan fingerprint density at radius 3 is 2.50 bits per heavy atom. The van der Waals surface area contributed by atoms with Gasteiger partial charge in [-0.2, -0.15) is 0 Å². The number of urea groups is 1. The van der Waals surface area contributed by atoms with Gasteiger partial charge in [0.15, 0.2) is 0 Å². The molecule has 30 heavy (non-hydrogen) atoms. The molecule has 6 nitrogen and oxygen atoms in total. The van der Waals surface area contributed by atoms with Crippen LogP contribution in [-0.4, -0.2) is 33.4 Å². The van der Waals surface area contributed by atoms with Crippen LogP contribution in [0, 0.1) is 13.8 Å². The second-order valence-corrected chi connectivity index (χ2v) is 8.07. The highest BCUT2D eigenvalue weighted by atomic mass is 16.2. The van der Waals surface area contributed by atoms with Gasteiger partial charge in [-0.05, 0) is 62.4 Å². The molecule has 1 aromatic carbocycles. The van der Waals surface area contributed by atoms with Gasteiger partial charge >= 0.3 is 6.03 Å². The summed E-state index contributed by atoms with van der Waals surface area (Å²) in [7, 11) is 0. The fourth-order valence-corrected chi connectivity index (χ4v) is 4.65. The topological polar surface area (TPSA) is 71.4 Å². The molecule has 0 atom stereocenters. The summed E-state index contributed by atoms with van der Waals surface area (Å²) in [5.74, 6) is -1.12. The third kappa shape index (κ3) is 3.36. The molecule has 1 saturated heterocycles. The first-order valence-electron chi connectivity index (χ1n) is 10.6. The number of barbiturate groups is 1. The summed E-state index contributed by atoms with van der Waals surface area (Å²) in [6.45, 7) is 6.12. The molecule has 4 amide bonds. The number of aromatic nitrogens is 1. The average Bonchev–Trinajstić information content (AvgIpc) is 3.33. The first-order valence-corrected chi connectivity index (χ1v) is 10.6. The summed E-state index contributed by atoms with van der Waals surface area (Å²) < 4.78 is 2.15. The standard InChI is InChI=1S/C24H27N3O3/c1-4-17-9-5-8-12-21(17)26-15(2)13-18(16(26)3)14-20-22(28)25-24(30)27(23(20)29)19-10-6-7-11-19/h5,8-9,12-14,19H,4,6-7,10-11H2,1-3H3,(H,25,28,30)/b20-14+. The van der Waals surface area contributed by atoms with Gasteiger partial charge in [0.05, 0.1) is 0 Å². The van der Waals surface area contributed by atoms with Gasteiger partial charge in [0.25, 0.3) is 11.8 Å². The van der Waals surface area contributed by atoms with Crippen LogP contribution in [0.3, 0.4) is 0 Å². The fraction of sp³-hybridized carbons (Fsp3) is 0.375. The van der Waals surface area contributed by atoms with E-state index in [1.54, 1.807) is 6.08 Å². The van der Waals surface area contributed by atoms with Gasteiger partial charge in [-0.25, -0.2) is 4.79 Å². The Bertz CT molecular complexity index is 1060. The Morgan fingerprint density at radius 1 is 1.10 bits per heavy atom. The molecular formula is C24H27N3O3. The van der Waals surface area contributed by atoms with Crippen molar-refractivity contribution in [1.29, 1.82) is 0 Å². The van der Waals surface area contributed by atoms with E-state index in [0.29, 0.717) is 0 Å². The lowest BCUT2D eigenvalue weighted by Crippen LogP contribution is -2.57. The van der Waals surface area contributed by atoms with Crippen molar-refractivity contribution in [3.63, 3.8) is 0 Å². The molecule has 1 aromatic heterocycles. The lowest BCUT2D eigenvalue weighted by Gasteiger charge is -2.31. The third-order valence-corrected chi connectivity index (χ3v) is 6.21. The van der Waals surface area contributed by atoms with Crippen LogP contribution in [0.15, 0.2) is 35.9 Å². The molecule has 2 heterocycles. The number of carbonyl (C=O) groups excluding carboxylic acids is 3. The zero-order chi connectivity index (χ0) is 21.4. The van der Waals surface area contributed by atoms with Crippen LogP contribution in [0.1, 0.15) is 55.1 Å². The van der Waals surface area contributed by atoms with E-state index in [1.165, 1.54) is 10.5 Å². The molecule has 2 aliphatic rings. The molecule has 1 aliphatic heterocycles. The Labute approximate surface area is 176 Å². The molecule has 1 N–H and O–H groups in total. The maximum atomic E-state index is 13.1. The summed E-state index contributed by atoms with van der Waals surface area (Å²) in [6, 6.07) is 9.47. The third-order valence-electron chi connectivity index (χ3n) is 6.21. The Balaban J connectivity index is 1.75. The van der Waals surface area contributed by atoms with Crippen molar-refractivity contribution in [2.75, 3.05) is 0 Å². The van der Waals surface area contributed by atoms with Crippen molar-refractivity contribution in [3.8, 4) is 5.69 Å². The first-order chi connectivity index (χ1) is 14.4. The van der Waals surface area contributed by atoms with Crippen molar-refractivity contribution < 1.29 is 14.4 Å².